The molecule has 0 spiro atoms. The van der Waals surface area contributed by atoms with E-state index < -0.39 is 17.7 Å². The molecule has 2 aromatic rings. The first kappa shape index (κ1) is 22.2. The summed E-state index contributed by atoms with van der Waals surface area (Å²) in [4.78, 5) is 27.1. The molecule has 0 radical (unpaired) electrons. The second kappa shape index (κ2) is 9.53. The summed E-state index contributed by atoms with van der Waals surface area (Å²) in [6.45, 7) is -0.00569. The maximum atomic E-state index is 13.0. The standard InChI is InChI=1S/C23H25NO7/c1-29-15-7-5-14(6-8-15)21(26)19-20(24(11-4-12-25)23(28)22(19)27)17-10-9-16(30-2)13-18(17)31-3/h5-10,13,20,25-26H,4,11-12H2,1-3H3/b21-19+. The smallest absolute Gasteiger partial charge is 0.295 e. The highest BCUT2D eigenvalue weighted by Crippen LogP contribution is 2.43. The van der Waals surface area contributed by atoms with Crippen LogP contribution in [-0.2, 0) is 9.59 Å². The highest BCUT2D eigenvalue weighted by molar-refractivity contribution is 6.46. The third-order valence-corrected chi connectivity index (χ3v) is 5.20. The summed E-state index contributed by atoms with van der Waals surface area (Å²) in [5, 5.41) is 20.3. The number of ketones is 1. The molecular weight excluding hydrogens is 402 g/mol. The molecule has 2 N–H and O–H groups in total. The molecule has 1 unspecified atom stereocenters. The van der Waals surface area contributed by atoms with Crippen LogP contribution in [0.1, 0.15) is 23.6 Å². The Bertz CT molecular complexity index is 997. The Hall–Kier alpha value is -3.52. The van der Waals surface area contributed by atoms with Crippen molar-refractivity contribution in [1.82, 2.24) is 4.90 Å². The Morgan fingerprint density at radius 1 is 0.968 bits per heavy atom. The number of hydrogen-bond donors (Lipinski definition) is 2. The lowest BCUT2D eigenvalue weighted by Crippen LogP contribution is -2.31. The number of benzene rings is 2. The van der Waals surface area contributed by atoms with Gasteiger partial charge >= 0.3 is 0 Å². The lowest BCUT2D eigenvalue weighted by molar-refractivity contribution is -0.140. The fourth-order valence-corrected chi connectivity index (χ4v) is 3.62. The van der Waals surface area contributed by atoms with Crippen molar-refractivity contribution in [2.75, 3.05) is 34.5 Å². The van der Waals surface area contributed by atoms with Crippen LogP contribution in [0, 0.1) is 0 Å². The van der Waals surface area contributed by atoms with Crippen LogP contribution in [0.5, 0.6) is 17.2 Å². The van der Waals surface area contributed by atoms with Gasteiger partial charge in [0.05, 0.1) is 32.9 Å². The molecule has 1 heterocycles. The predicted octanol–water partition coefficient (Wildman–Crippen LogP) is 2.52. The molecule has 0 saturated carbocycles. The van der Waals surface area contributed by atoms with Crippen molar-refractivity contribution in [3.05, 3.63) is 59.2 Å². The van der Waals surface area contributed by atoms with E-state index in [0.717, 1.165) is 0 Å². The van der Waals surface area contributed by atoms with E-state index in [1.165, 1.54) is 26.2 Å². The quantitative estimate of drug-likeness (QED) is 0.379. The zero-order valence-corrected chi connectivity index (χ0v) is 17.6. The number of aliphatic hydroxyl groups excluding tert-OH is 2. The molecule has 8 nitrogen and oxygen atoms in total. The lowest BCUT2D eigenvalue weighted by Gasteiger charge is -2.26. The first-order valence-corrected chi connectivity index (χ1v) is 9.72. The number of methoxy groups -OCH3 is 3. The number of nitrogens with zero attached hydrogens (tertiary/aromatic N) is 1. The average molecular weight is 427 g/mol. The molecule has 31 heavy (non-hydrogen) atoms. The minimum absolute atomic E-state index is 0.0448. The SMILES string of the molecule is COc1ccc(/C(O)=C2\C(=O)C(=O)N(CCCO)C2c2ccc(OC)cc2OC)cc1. The van der Waals surface area contributed by atoms with Crippen molar-refractivity contribution in [2.45, 2.75) is 12.5 Å². The number of likely N-dealkylation sites (tertiary alicyclic amines) is 1. The molecule has 1 aliphatic heterocycles. The van der Waals surface area contributed by atoms with Crippen LogP contribution >= 0.6 is 0 Å². The summed E-state index contributed by atoms with van der Waals surface area (Å²) >= 11 is 0. The van der Waals surface area contributed by atoms with Gasteiger partial charge in [0.15, 0.2) is 0 Å². The molecule has 0 aromatic heterocycles. The van der Waals surface area contributed by atoms with Gasteiger partial charge in [0.25, 0.3) is 11.7 Å². The Labute approximate surface area is 180 Å². The normalized spacial score (nSPS) is 17.7. The highest BCUT2D eigenvalue weighted by atomic mass is 16.5. The number of aliphatic hydroxyl groups is 2. The van der Waals surface area contributed by atoms with Crippen molar-refractivity contribution >= 4 is 17.4 Å². The Morgan fingerprint density at radius 2 is 1.61 bits per heavy atom. The third-order valence-electron chi connectivity index (χ3n) is 5.20. The number of Topliss-reactive ketones (excluding diaryl/α,β-unsaturated/α-hetero) is 1. The molecular formula is C23H25NO7. The summed E-state index contributed by atoms with van der Waals surface area (Å²) in [6, 6.07) is 10.7. The van der Waals surface area contributed by atoms with Gasteiger partial charge in [-0.05, 0) is 42.8 Å². The van der Waals surface area contributed by atoms with Gasteiger partial charge in [-0.1, -0.05) is 0 Å². The van der Waals surface area contributed by atoms with Crippen LogP contribution in [0.25, 0.3) is 5.76 Å². The van der Waals surface area contributed by atoms with Crippen LogP contribution in [0.15, 0.2) is 48.0 Å². The van der Waals surface area contributed by atoms with Gasteiger partial charge in [-0.25, -0.2) is 0 Å². The van der Waals surface area contributed by atoms with Crippen LogP contribution in [0.4, 0.5) is 0 Å². The van der Waals surface area contributed by atoms with Crippen LogP contribution in [0.3, 0.4) is 0 Å². The molecule has 1 saturated heterocycles. The van der Waals surface area contributed by atoms with E-state index in [-0.39, 0.29) is 30.9 Å². The zero-order chi connectivity index (χ0) is 22.5. The number of ether oxygens (including phenoxy) is 3. The minimum Gasteiger partial charge on any atom is -0.507 e. The van der Waals surface area contributed by atoms with Crippen molar-refractivity contribution < 1.29 is 34.0 Å². The Kier molecular flexibility index (Phi) is 6.81. The molecule has 0 aliphatic carbocycles. The largest absolute Gasteiger partial charge is 0.507 e. The van der Waals surface area contributed by atoms with E-state index >= 15 is 0 Å². The molecule has 3 rings (SSSR count). The Balaban J connectivity index is 2.19. The van der Waals surface area contributed by atoms with Gasteiger partial charge in [0.2, 0.25) is 0 Å². The van der Waals surface area contributed by atoms with Gasteiger partial charge in [0, 0.05) is 30.3 Å². The molecule has 1 aliphatic rings. The third kappa shape index (κ3) is 4.20. The summed E-state index contributed by atoms with van der Waals surface area (Å²) in [5.74, 6) is -0.298. The monoisotopic (exact) mass is 427 g/mol. The number of hydrogen-bond acceptors (Lipinski definition) is 7. The molecule has 8 heteroatoms. The summed E-state index contributed by atoms with van der Waals surface area (Å²) in [6.07, 6.45) is 0.282. The van der Waals surface area contributed by atoms with Gasteiger partial charge in [0.1, 0.15) is 23.0 Å². The molecule has 0 bridgehead atoms. The van der Waals surface area contributed by atoms with E-state index in [4.69, 9.17) is 14.2 Å². The van der Waals surface area contributed by atoms with Crippen molar-refractivity contribution in [1.29, 1.82) is 0 Å². The fraction of sp³-hybridized carbons (Fsp3) is 0.304. The predicted molar refractivity (Wildman–Crippen MR) is 113 cm³/mol. The Morgan fingerprint density at radius 3 is 2.19 bits per heavy atom. The molecule has 1 amide bonds. The summed E-state index contributed by atoms with van der Waals surface area (Å²) in [5.41, 5.74) is 0.852. The topological polar surface area (TPSA) is 106 Å². The maximum absolute atomic E-state index is 13.0. The number of amides is 1. The van der Waals surface area contributed by atoms with Gasteiger partial charge in [-0.15, -0.1) is 0 Å². The van der Waals surface area contributed by atoms with E-state index in [1.54, 1.807) is 42.5 Å². The molecule has 164 valence electrons. The summed E-state index contributed by atoms with van der Waals surface area (Å²) in [7, 11) is 4.52. The minimum atomic E-state index is -0.880. The molecule has 2 aromatic carbocycles. The van der Waals surface area contributed by atoms with Crippen molar-refractivity contribution in [3.63, 3.8) is 0 Å². The highest BCUT2D eigenvalue weighted by Gasteiger charge is 2.46. The van der Waals surface area contributed by atoms with Crippen molar-refractivity contribution in [2.24, 2.45) is 0 Å². The van der Waals surface area contributed by atoms with E-state index in [9.17, 15) is 19.8 Å². The average Bonchev–Trinajstić information content (AvgIpc) is 3.06. The fourth-order valence-electron chi connectivity index (χ4n) is 3.62. The number of carbonyl (C=O) groups is 2. The first-order valence-electron chi connectivity index (χ1n) is 9.72. The van der Waals surface area contributed by atoms with Gasteiger partial charge < -0.3 is 29.3 Å². The zero-order valence-electron chi connectivity index (χ0n) is 17.6. The van der Waals surface area contributed by atoms with Crippen LogP contribution in [0.2, 0.25) is 0 Å². The second-order valence-electron chi connectivity index (χ2n) is 6.91. The maximum Gasteiger partial charge on any atom is 0.295 e. The second-order valence-corrected chi connectivity index (χ2v) is 6.91. The van der Waals surface area contributed by atoms with Crippen molar-refractivity contribution in [3.8, 4) is 17.2 Å². The van der Waals surface area contributed by atoms with Crippen LogP contribution < -0.4 is 14.2 Å². The van der Waals surface area contributed by atoms with Gasteiger partial charge in [-0.2, -0.15) is 0 Å². The number of carbonyl (C=O) groups excluding carboxylic acids is 2. The molecule has 1 atom stereocenters. The molecule has 1 fully saturated rings. The summed E-state index contributed by atoms with van der Waals surface area (Å²) < 4.78 is 15.9. The van der Waals surface area contributed by atoms with Gasteiger partial charge in [-0.3, -0.25) is 9.59 Å². The first-order chi connectivity index (χ1) is 15.0. The van der Waals surface area contributed by atoms with E-state index in [1.807, 2.05) is 0 Å². The van der Waals surface area contributed by atoms with Crippen LogP contribution in [-0.4, -0.2) is 61.3 Å². The number of rotatable bonds is 8. The van der Waals surface area contributed by atoms with E-state index in [2.05, 4.69) is 0 Å². The lowest BCUT2D eigenvalue weighted by atomic mass is 9.94. The van der Waals surface area contributed by atoms with E-state index in [0.29, 0.717) is 28.4 Å².